The molecule has 3 aromatic rings. The Bertz CT molecular complexity index is 1050. The second-order valence-electron chi connectivity index (χ2n) is 7.07. The number of hydrogen-bond acceptors (Lipinski definition) is 6. The van der Waals surface area contributed by atoms with Crippen LogP contribution in [0.3, 0.4) is 0 Å². The molecule has 2 aromatic heterocycles. The van der Waals surface area contributed by atoms with Crippen molar-refractivity contribution in [1.82, 2.24) is 20.8 Å². The van der Waals surface area contributed by atoms with Crippen molar-refractivity contribution in [3.63, 3.8) is 0 Å². The Morgan fingerprint density at radius 3 is 2.83 bits per heavy atom. The number of nitrogens with zero attached hydrogens (tertiary/aromatic N) is 2. The summed E-state index contributed by atoms with van der Waals surface area (Å²) in [6, 6.07) is 6.10. The van der Waals surface area contributed by atoms with Crippen molar-refractivity contribution >= 4 is 39.2 Å². The first-order valence-corrected chi connectivity index (χ1v) is 10.3. The summed E-state index contributed by atoms with van der Waals surface area (Å²) in [5, 5.41) is 3.51. The van der Waals surface area contributed by atoms with Gasteiger partial charge in [0.05, 0.1) is 19.6 Å². The molecule has 8 nitrogen and oxygen atoms in total. The number of hydrogen-bond donors (Lipinski definition) is 3. The number of fused-ring (bicyclic) bond motifs is 1. The average Bonchev–Trinajstić information content (AvgIpc) is 3.33. The van der Waals surface area contributed by atoms with E-state index in [0.717, 1.165) is 45.9 Å². The lowest BCUT2D eigenvalue weighted by Crippen LogP contribution is -2.42. The number of H-pyrrole nitrogens is 1. The molecule has 1 fully saturated rings. The van der Waals surface area contributed by atoms with Gasteiger partial charge in [0.2, 0.25) is 5.91 Å². The van der Waals surface area contributed by atoms with Gasteiger partial charge in [0.1, 0.15) is 5.69 Å². The van der Waals surface area contributed by atoms with Crippen LogP contribution in [0.2, 0.25) is 0 Å². The van der Waals surface area contributed by atoms with E-state index in [1.54, 1.807) is 5.38 Å². The predicted octanol–water partition coefficient (Wildman–Crippen LogP) is 2.08. The number of aryl methyl sites for hydroxylation is 2. The van der Waals surface area contributed by atoms with Gasteiger partial charge in [-0.05, 0) is 31.5 Å². The number of anilines is 1. The van der Waals surface area contributed by atoms with E-state index in [9.17, 15) is 9.59 Å². The number of ether oxygens (including phenoxy) is 1. The highest BCUT2D eigenvalue weighted by atomic mass is 32.1. The Labute approximate surface area is 172 Å². The quantitative estimate of drug-likeness (QED) is 0.569. The van der Waals surface area contributed by atoms with E-state index in [1.807, 2.05) is 26.0 Å². The summed E-state index contributed by atoms with van der Waals surface area (Å²) in [5.41, 5.74) is 9.24. The Morgan fingerprint density at radius 1 is 1.24 bits per heavy atom. The SMILES string of the molecule is Cc1ccc2[nH]c(C)c(CC(=O)NNC(=O)c3csc(N4CCOCC4)n3)c2c1. The third-order valence-electron chi connectivity index (χ3n) is 4.93. The molecule has 1 aliphatic heterocycles. The van der Waals surface area contributed by atoms with Crippen LogP contribution in [0.25, 0.3) is 10.9 Å². The number of aromatic nitrogens is 2. The van der Waals surface area contributed by atoms with E-state index >= 15 is 0 Å². The average molecular weight is 414 g/mol. The first-order valence-electron chi connectivity index (χ1n) is 9.46. The highest BCUT2D eigenvalue weighted by Gasteiger charge is 2.18. The van der Waals surface area contributed by atoms with Gasteiger partial charge in [0, 0.05) is 35.1 Å². The van der Waals surface area contributed by atoms with Crippen LogP contribution in [0.1, 0.15) is 27.3 Å². The predicted molar refractivity (Wildman–Crippen MR) is 112 cm³/mol. The summed E-state index contributed by atoms with van der Waals surface area (Å²) in [6.07, 6.45) is 0.172. The van der Waals surface area contributed by atoms with Crippen LogP contribution in [0, 0.1) is 13.8 Å². The molecule has 1 aliphatic rings. The number of benzene rings is 1. The second kappa shape index (κ2) is 8.22. The van der Waals surface area contributed by atoms with Crippen molar-refractivity contribution in [2.45, 2.75) is 20.3 Å². The van der Waals surface area contributed by atoms with Gasteiger partial charge in [-0.2, -0.15) is 0 Å². The zero-order valence-electron chi connectivity index (χ0n) is 16.4. The molecule has 0 radical (unpaired) electrons. The number of nitrogens with one attached hydrogen (secondary N) is 3. The molecule has 29 heavy (non-hydrogen) atoms. The molecule has 3 N–H and O–H groups in total. The van der Waals surface area contributed by atoms with Gasteiger partial charge in [-0.3, -0.25) is 20.4 Å². The number of amides is 2. The van der Waals surface area contributed by atoms with E-state index in [4.69, 9.17) is 4.74 Å². The fourth-order valence-corrected chi connectivity index (χ4v) is 4.25. The van der Waals surface area contributed by atoms with Gasteiger partial charge in [0.25, 0.3) is 5.91 Å². The number of hydrazine groups is 1. The minimum Gasteiger partial charge on any atom is -0.378 e. The number of carbonyl (C=O) groups excluding carboxylic acids is 2. The molecule has 0 aliphatic carbocycles. The van der Waals surface area contributed by atoms with Crippen LogP contribution in [0.15, 0.2) is 23.6 Å². The van der Waals surface area contributed by atoms with Gasteiger partial charge in [-0.1, -0.05) is 11.6 Å². The molecule has 0 unspecified atom stereocenters. The lowest BCUT2D eigenvalue weighted by atomic mass is 10.1. The molecule has 152 valence electrons. The van der Waals surface area contributed by atoms with Crippen LogP contribution < -0.4 is 15.8 Å². The third-order valence-corrected chi connectivity index (χ3v) is 5.84. The number of aromatic amines is 1. The standard InChI is InChI=1S/C20H23N5O3S/c1-12-3-4-16-15(9-12)14(13(2)21-16)10-18(26)23-24-19(27)17-11-29-20(22-17)25-5-7-28-8-6-25/h3-4,9,11,21H,5-8,10H2,1-2H3,(H,23,26)(H,24,27). The van der Waals surface area contributed by atoms with Crippen molar-refractivity contribution in [3.8, 4) is 0 Å². The zero-order chi connectivity index (χ0) is 20.4. The van der Waals surface area contributed by atoms with Gasteiger partial charge in [-0.15, -0.1) is 11.3 Å². The summed E-state index contributed by atoms with van der Waals surface area (Å²) >= 11 is 1.41. The maximum Gasteiger partial charge on any atom is 0.289 e. The summed E-state index contributed by atoms with van der Waals surface area (Å²) in [7, 11) is 0. The molecule has 2 amide bonds. The Balaban J connectivity index is 1.36. The van der Waals surface area contributed by atoms with Crippen LogP contribution in [-0.4, -0.2) is 48.1 Å². The van der Waals surface area contributed by atoms with E-state index < -0.39 is 5.91 Å². The van der Waals surface area contributed by atoms with Crippen molar-refractivity contribution in [2.75, 3.05) is 31.2 Å². The number of rotatable bonds is 4. The van der Waals surface area contributed by atoms with Gasteiger partial charge >= 0.3 is 0 Å². The van der Waals surface area contributed by atoms with E-state index in [2.05, 4.69) is 31.8 Å². The normalized spacial score (nSPS) is 14.2. The first kappa shape index (κ1) is 19.4. The molecule has 3 heterocycles. The van der Waals surface area contributed by atoms with Crippen LogP contribution >= 0.6 is 11.3 Å². The number of thiazole rings is 1. The molecule has 1 aromatic carbocycles. The minimum absolute atomic E-state index is 0.172. The second-order valence-corrected chi connectivity index (χ2v) is 7.91. The Morgan fingerprint density at radius 2 is 2.03 bits per heavy atom. The Hall–Kier alpha value is -2.91. The smallest absolute Gasteiger partial charge is 0.289 e. The van der Waals surface area contributed by atoms with Crippen molar-refractivity contribution in [3.05, 3.63) is 46.1 Å². The molecule has 4 rings (SSSR count). The van der Waals surface area contributed by atoms with Gasteiger partial charge < -0.3 is 14.6 Å². The molecule has 0 saturated carbocycles. The molecular formula is C20H23N5O3S. The fraction of sp³-hybridized carbons (Fsp3) is 0.350. The van der Waals surface area contributed by atoms with Crippen LogP contribution in [0.5, 0.6) is 0 Å². The van der Waals surface area contributed by atoms with Gasteiger partial charge in [0.15, 0.2) is 5.13 Å². The molecule has 0 bridgehead atoms. The van der Waals surface area contributed by atoms with E-state index in [1.165, 1.54) is 11.3 Å². The minimum atomic E-state index is -0.430. The van der Waals surface area contributed by atoms with Crippen molar-refractivity contribution in [1.29, 1.82) is 0 Å². The fourth-order valence-electron chi connectivity index (χ4n) is 3.39. The van der Waals surface area contributed by atoms with Crippen molar-refractivity contribution in [2.24, 2.45) is 0 Å². The monoisotopic (exact) mass is 413 g/mol. The lowest BCUT2D eigenvalue weighted by Gasteiger charge is -2.25. The molecule has 9 heteroatoms. The summed E-state index contributed by atoms with van der Waals surface area (Å²) < 4.78 is 5.33. The molecule has 0 spiro atoms. The summed E-state index contributed by atoms with van der Waals surface area (Å²) in [6.45, 7) is 6.79. The zero-order valence-corrected chi connectivity index (χ0v) is 17.2. The largest absolute Gasteiger partial charge is 0.378 e. The summed E-state index contributed by atoms with van der Waals surface area (Å²) in [4.78, 5) is 34.5. The molecule has 0 atom stereocenters. The lowest BCUT2D eigenvalue weighted by molar-refractivity contribution is -0.121. The maximum absolute atomic E-state index is 12.4. The van der Waals surface area contributed by atoms with Crippen LogP contribution in [-0.2, 0) is 16.0 Å². The van der Waals surface area contributed by atoms with Gasteiger partial charge in [-0.25, -0.2) is 4.98 Å². The number of morpholine rings is 1. The van der Waals surface area contributed by atoms with Crippen molar-refractivity contribution < 1.29 is 14.3 Å². The highest BCUT2D eigenvalue weighted by molar-refractivity contribution is 7.13. The van der Waals surface area contributed by atoms with E-state index in [0.29, 0.717) is 13.2 Å². The highest BCUT2D eigenvalue weighted by Crippen LogP contribution is 2.24. The number of carbonyl (C=O) groups is 2. The third kappa shape index (κ3) is 4.25. The summed E-state index contributed by atoms with van der Waals surface area (Å²) in [5.74, 6) is -0.715. The van der Waals surface area contributed by atoms with E-state index in [-0.39, 0.29) is 18.0 Å². The van der Waals surface area contributed by atoms with Crippen LogP contribution in [0.4, 0.5) is 5.13 Å². The maximum atomic E-state index is 12.4. The molecule has 1 saturated heterocycles. The molecular weight excluding hydrogens is 390 g/mol. The first-order chi connectivity index (χ1) is 14.0. The topological polar surface area (TPSA) is 99.4 Å². The Kier molecular flexibility index (Phi) is 5.50.